The van der Waals surface area contributed by atoms with Gasteiger partial charge in [-0.2, -0.15) is 4.98 Å². The SMILES string of the molecule is CCCCOP(=O)([O-])OC[C@H]1O[C@H](n2ccc(N)nc2=O)C[C@@H]1OP(=O)([O-])OCCCC.[Co+2]. The molecule has 1 saturated heterocycles. The fourth-order valence-electron chi connectivity index (χ4n) is 2.82. The number of aromatic nitrogens is 2. The van der Waals surface area contributed by atoms with E-state index in [4.69, 9.17) is 28.6 Å². The van der Waals surface area contributed by atoms with Gasteiger partial charge in [0.05, 0.1) is 25.9 Å². The molecule has 2 rings (SSSR count). The first-order valence-electron chi connectivity index (χ1n) is 10.3. The third-order valence-corrected chi connectivity index (χ3v) is 6.49. The van der Waals surface area contributed by atoms with Crippen LogP contribution in [-0.2, 0) is 48.7 Å². The summed E-state index contributed by atoms with van der Waals surface area (Å²) < 4.78 is 50.4. The first-order chi connectivity index (χ1) is 15.1. The monoisotopic (exact) mass is 556 g/mol. The number of phosphoric acid groups is 2. The fourth-order valence-corrected chi connectivity index (χ4v) is 4.54. The molecule has 5 atom stereocenters. The van der Waals surface area contributed by atoms with Gasteiger partial charge in [0, 0.05) is 12.6 Å². The number of nitrogens with two attached hydrogens (primary N) is 1. The Morgan fingerprint density at radius 2 is 1.76 bits per heavy atom. The molecule has 0 aromatic carbocycles. The molecule has 2 unspecified atom stereocenters. The molecule has 16 heteroatoms. The summed E-state index contributed by atoms with van der Waals surface area (Å²) in [6, 6.07) is 1.37. The van der Waals surface area contributed by atoms with Crippen LogP contribution in [0.4, 0.5) is 5.82 Å². The van der Waals surface area contributed by atoms with Crippen LogP contribution in [0.1, 0.15) is 52.2 Å². The predicted octanol–water partition coefficient (Wildman–Crippen LogP) is 1.08. The van der Waals surface area contributed by atoms with E-state index in [1.807, 2.05) is 13.8 Å². The maximum absolute atomic E-state index is 12.2. The van der Waals surface area contributed by atoms with E-state index in [2.05, 4.69) is 4.98 Å². The standard InChI is InChI=1S/C17H31N3O10P2.Co/c1-3-5-9-26-31(22,23)28-12-14-13(30-32(24,25)27-10-6-4-2)11-16(29-14)20-8-7-15(18)19-17(20)21;/h7-8,13-14,16H,3-6,9-12H2,1-2H3,(H,22,23)(H,24,25)(H2,18,19,21);/q;+2/p-2/t13-,14+,16-;/m0./s1. The van der Waals surface area contributed by atoms with Crippen molar-refractivity contribution in [1.29, 1.82) is 0 Å². The Bertz CT molecular complexity index is 889. The van der Waals surface area contributed by atoms with Gasteiger partial charge in [0.25, 0.3) is 15.6 Å². The number of nitrogens with zero attached hydrogens (tertiary/aromatic N) is 2. The molecule has 0 amide bonds. The predicted molar refractivity (Wildman–Crippen MR) is 109 cm³/mol. The number of anilines is 1. The van der Waals surface area contributed by atoms with E-state index in [0.717, 1.165) is 17.4 Å². The molecular formula is C17H29CoN3O10P2. The Hall–Kier alpha value is -0.634. The van der Waals surface area contributed by atoms with Crippen LogP contribution in [0.2, 0.25) is 0 Å². The van der Waals surface area contributed by atoms with E-state index < -0.39 is 46.4 Å². The van der Waals surface area contributed by atoms with Crippen LogP contribution >= 0.6 is 15.6 Å². The zero-order chi connectivity index (χ0) is 23.8. The minimum absolute atomic E-state index is 0. The first kappa shape index (κ1) is 30.4. The Labute approximate surface area is 202 Å². The molecule has 0 saturated carbocycles. The molecule has 1 aromatic rings. The zero-order valence-corrected chi connectivity index (χ0v) is 21.2. The Morgan fingerprint density at radius 1 is 1.15 bits per heavy atom. The van der Waals surface area contributed by atoms with E-state index in [0.29, 0.717) is 12.8 Å². The van der Waals surface area contributed by atoms with Crippen molar-refractivity contribution in [2.45, 2.75) is 64.4 Å². The quantitative estimate of drug-likeness (QED) is 0.254. The normalized spacial score (nSPS) is 24.1. The van der Waals surface area contributed by atoms with Gasteiger partial charge in [0.2, 0.25) is 0 Å². The number of nitrogen functional groups attached to an aromatic ring is 1. The van der Waals surface area contributed by atoms with Crippen molar-refractivity contribution in [3.63, 3.8) is 0 Å². The number of hydrogen-bond acceptors (Lipinski definition) is 12. The fraction of sp³-hybridized carbons (Fsp3) is 0.765. The largest absolute Gasteiger partial charge is 2.00 e. The van der Waals surface area contributed by atoms with Gasteiger partial charge in [-0.3, -0.25) is 13.7 Å². The summed E-state index contributed by atoms with van der Waals surface area (Å²) >= 11 is 0. The van der Waals surface area contributed by atoms with Gasteiger partial charge in [0.15, 0.2) is 0 Å². The number of hydrogen-bond donors (Lipinski definition) is 1. The van der Waals surface area contributed by atoms with Crippen molar-refractivity contribution in [3.8, 4) is 0 Å². The molecule has 13 nitrogen and oxygen atoms in total. The summed E-state index contributed by atoms with van der Waals surface area (Å²) in [5.41, 5.74) is 4.76. The molecule has 0 bridgehead atoms. The van der Waals surface area contributed by atoms with E-state index in [9.17, 15) is 23.7 Å². The number of phosphoric ester groups is 2. The molecule has 2 N–H and O–H groups in total. The average molecular weight is 556 g/mol. The topological polar surface area (TPSA) is 187 Å². The molecule has 1 radical (unpaired) electrons. The molecule has 1 aliphatic heterocycles. The average Bonchev–Trinajstić information content (AvgIpc) is 3.08. The van der Waals surface area contributed by atoms with E-state index in [-0.39, 0.29) is 42.2 Å². The summed E-state index contributed by atoms with van der Waals surface area (Å²) in [6.45, 7) is 3.05. The molecule has 191 valence electrons. The van der Waals surface area contributed by atoms with Gasteiger partial charge in [-0.15, -0.1) is 0 Å². The van der Waals surface area contributed by atoms with Crippen LogP contribution in [0.5, 0.6) is 0 Å². The van der Waals surface area contributed by atoms with Gasteiger partial charge in [0.1, 0.15) is 18.1 Å². The second kappa shape index (κ2) is 14.1. The van der Waals surface area contributed by atoms with Crippen molar-refractivity contribution in [2.24, 2.45) is 0 Å². The van der Waals surface area contributed by atoms with Gasteiger partial charge in [-0.05, 0) is 18.9 Å². The molecule has 33 heavy (non-hydrogen) atoms. The second-order valence-corrected chi connectivity index (χ2v) is 9.89. The molecule has 1 aromatic heterocycles. The molecule has 0 spiro atoms. The van der Waals surface area contributed by atoms with E-state index in [1.54, 1.807) is 0 Å². The molecule has 0 aliphatic carbocycles. The maximum Gasteiger partial charge on any atom is 2.00 e. The van der Waals surface area contributed by atoms with Gasteiger partial charge in [-0.1, -0.05) is 26.7 Å². The van der Waals surface area contributed by atoms with Crippen molar-refractivity contribution < 1.29 is 58.5 Å². The van der Waals surface area contributed by atoms with Crippen molar-refractivity contribution >= 4 is 21.5 Å². The Morgan fingerprint density at radius 3 is 2.33 bits per heavy atom. The van der Waals surface area contributed by atoms with Crippen molar-refractivity contribution in [3.05, 3.63) is 22.7 Å². The van der Waals surface area contributed by atoms with Crippen molar-refractivity contribution in [1.82, 2.24) is 9.55 Å². The molecule has 1 fully saturated rings. The van der Waals surface area contributed by atoms with Crippen LogP contribution in [-0.4, -0.2) is 41.6 Å². The van der Waals surface area contributed by atoms with Crippen LogP contribution in [0.25, 0.3) is 0 Å². The van der Waals surface area contributed by atoms with Crippen LogP contribution < -0.4 is 21.2 Å². The van der Waals surface area contributed by atoms with E-state index in [1.165, 1.54) is 12.3 Å². The second-order valence-electron chi connectivity index (χ2n) is 7.11. The minimum Gasteiger partial charge on any atom is -0.756 e. The minimum atomic E-state index is -4.72. The zero-order valence-electron chi connectivity index (χ0n) is 18.3. The summed E-state index contributed by atoms with van der Waals surface area (Å²) in [4.78, 5) is 39.8. The molecular weight excluding hydrogens is 527 g/mol. The van der Waals surface area contributed by atoms with Gasteiger partial charge < -0.3 is 38.4 Å². The van der Waals surface area contributed by atoms with Crippen LogP contribution in [0, 0.1) is 0 Å². The van der Waals surface area contributed by atoms with Crippen LogP contribution in [0.15, 0.2) is 17.1 Å². The third kappa shape index (κ3) is 10.3. The maximum atomic E-state index is 12.2. The Kier molecular flexibility index (Phi) is 12.9. The summed E-state index contributed by atoms with van der Waals surface area (Å²) in [6.07, 6.45) is 0.372. The smallest absolute Gasteiger partial charge is 0.756 e. The number of rotatable bonds is 14. The van der Waals surface area contributed by atoms with Gasteiger partial charge in [-0.25, -0.2) is 4.79 Å². The Balaban J connectivity index is 0.00000544. The van der Waals surface area contributed by atoms with Crippen molar-refractivity contribution in [2.75, 3.05) is 25.6 Å². The summed E-state index contributed by atoms with van der Waals surface area (Å²) in [5.74, 6) is 0.00170. The summed E-state index contributed by atoms with van der Waals surface area (Å²) in [7, 11) is -9.36. The summed E-state index contributed by atoms with van der Waals surface area (Å²) in [5, 5.41) is 0. The first-order valence-corrected chi connectivity index (χ1v) is 13.2. The molecule has 2 heterocycles. The van der Waals surface area contributed by atoms with Gasteiger partial charge >= 0.3 is 22.5 Å². The number of unbranched alkanes of at least 4 members (excludes halogenated alkanes) is 2. The molecule has 1 aliphatic rings. The number of ether oxygens (including phenoxy) is 1. The van der Waals surface area contributed by atoms with E-state index >= 15 is 0 Å². The van der Waals surface area contributed by atoms with Crippen LogP contribution in [0.3, 0.4) is 0 Å². The third-order valence-electron chi connectivity index (χ3n) is 4.50.